The molecule has 0 aromatic heterocycles. The molecule has 1 N–H and O–H groups in total. The third kappa shape index (κ3) is 2.80. The van der Waals surface area contributed by atoms with Crippen molar-refractivity contribution in [2.45, 2.75) is 63.6 Å². The lowest BCUT2D eigenvalue weighted by molar-refractivity contribution is -0.158. The van der Waals surface area contributed by atoms with Crippen LogP contribution < -0.4 is 0 Å². The number of rotatable bonds is 6. The van der Waals surface area contributed by atoms with E-state index >= 15 is 0 Å². The number of piperidine rings is 1. The van der Waals surface area contributed by atoms with E-state index in [1.54, 1.807) is 0 Å². The van der Waals surface area contributed by atoms with Crippen LogP contribution in [0.5, 0.6) is 0 Å². The first-order valence-corrected chi connectivity index (χ1v) is 8.64. The highest BCUT2D eigenvalue weighted by Gasteiger charge is 2.59. The van der Waals surface area contributed by atoms with Gasteiger partial charge in [-0.3, -0.25) is 14.5 Å². The summed E-state index contributed by atoms with van der Waals surface area (Å²) >= 11 is 0. The van der Waals surface area contributed by atoms with Crippen LogP contribution in [-0.4, -0.2) is 33.3 Å². The van der Waals surface area contributed by atoms with Crippen molar-refractivity contribution >= 4 is 11.8 Å². The molecule has 1 aromatic rings. The molecule has 2 fully saturated rings. The molecular formula is C19H25NO3. The van der Waals surface area contributed by atoms with Gasteiger partial charge in [0.2, 0.25) is 0 Å². The van der Waals surface area contributed by atoms with E-state index in [-0.39, 0.29) is 11.8 Å². The van der Waals surface area contributed by atoms with Crippen molar-refractivity contribution in [3.8, 4) is 0 Å². The predicted octanol–water partition coefficient (Wildman–Crippen LogP) is 3.25. The molecule has 124 valence electrons. The topological polar surface area (TPSA) is 57.6 Å². The number of unbranched alkanes of at least 4 members (excludes halogenated alkanes) is 1. The molecule has 4 nitrogen and oxygen atoms in total. The molecule has 3 rings (SSSR count). The third-order valence-electron chi connectivity index (χ3n) is 5.63. The number of hydrogen-bond donors (Lipinski definition) is 1. The molecule has 0 radical (unpaired) electrons. The molecule has 3 atom stereocenters. The number of benzene rings is 1. The summed E-state index contributed by atoms with van der Waals surface area (Å²) in [5.41, 5.74) is 0.705. The van der Waals surface area contributed by atoms with Gasteiger partial charge < -0.3 is 5.11 Å². The molecular weight excluding hydrogens is 290 g/mol. The number of carbonyl (C=O) groups is 2. The van der Waals surface area contributed by atoms with Crippen LogP contribution in [0.25, 0.3) is 0 Å². The molecule has 0 saturated carbocycles. The van der Waals surface area contributed by atoms with Gasteiger partial charge in [-0.2, -0.15) is 0 Å². The first-order chi connectivity index (χ1) is 11.1. The van der Waals surface area contributed by atoms with Gasteiger partial charge in [-0.15, -0.1) is 0 Å². The first kappa shape index (κ1) is 16.2. The van der Waals surface area contributed by atoms with Crippen LogP contribution in [0, 0.1) is 5.92 Å². The van der Waals surface area contributed by atoms with Crippen LogP contribution in [0.1, 0.15) is 51.0 Å². The standard InChI is InChI=1S/C19H25NO3/c1-2-3-10-19-11-9-15(12-16(21)17(19)18(22)23)20(19)13-14-7-5-4-6-8-14/h4-8,15,17H,2-3,9-13H2,1H3,(H,22,23)/t15-,17?,19+/m0/s1. The maximum absolute atomic E-state index is 12.5. The fourth-order valence-corrected chi connectivity index (χ4v) is 4.58. The van der Waals surface area contributed by atoms with Crippen molar-refractivity contribution < 1.29 is 14.7 Å². The fraction of sp³-hybridized carbons (Fsp3) is 0.579. The number of hydrogen-bond acceptors (Lipinski definition) is 3. The Balaban J connectivity index is 1.95. The average Bonchev–Trinajstić information content (AvgIpc) is 2.76. The lowest BCUT2D eigenvalue weighted by atomic mass is 9.73. The van der Waals surface area contributed by atoms with Gasteiger partial charge in [-0.05, 0) is 24.8 Å². The summed E-state index contributed by atoms with van der Waals surface area (Å²) in [5.74, 6) is -1.87. The molecule has 1 aromatic carbocycles. The number of aliphatic carboxylic acids is 1. The number of ketones is 1. The summed E-state index contributed by atoms with van der Waals surface area (Å²) in [4.78, 5) is 26.7. The summed E-state index contributed by atoms with van der Waals surface area (Å²) < 4.78 is 0. The lowest BCUT2D eigenvalue weighted by Gasteiger charge is -2.48. The molecule has 23 heavy (non-hydrogen) atoms. The Hall–Kier alpha value is -1.68. The molecule has 1 unspecified atom stereocenters. The van der Waals surface area contributed by atoms with Gasteiger partial charge in [0, 0.05) is 24.5 Å². The number of carboxylic acids is 1. The fourth-order valence-electron chi connectivity index (χ4n) is 4.58. The van der Waals surface area contributed by atoms with E-state index in [0.29, 0.717) is 6.42 Å². The highest BCUT2D eigenvalue weighted by Crippen LogP contribution is 2.49. The minimum atomic E-state index is -0.940. The summed E-state index contributed by atoms with van der Waals surface area (Å²) in [6, 6.07) is 10.4. The molecule has 4 heteroatoms. The zero-order valence-electron chi connectivity index (χ0n) is 13.7. The molecule has 2 heterocycles. The number of fused-ring (bicyclic) bond motifs is 2. The maximum atomic E-state index is 12.5. The number of nitrogens with zero attached hydrogens (tertiary/aromatic N) is 1. The third-order valence-corrected chi connectivity index (χ3v) is 5.63. The van der Waals surface area contributed by atoms with Crippen LogP contribution >= 0.6 is 0 Å². The second kappa shape index (κ2) is 6.44. The van der Waals surface area contributed by atoms with Crippen molar-refractivity contribution in [1.29, 1.82) is 0 Å². The van der Waals surface area contributed by atoms with E-state index < -0.39 is 17.4 Å². The molecule has 2 aliphatic heterocycles. The Morgan fingerprint density at radius 3 is 2.74 bits per heavy atom. The monoisotopic (exact) mass is 315 g/mol. The van der Waals surface area contributed by atoms with Crippen LogP contribution in [0.2, 0.25) is 0 Å². The lowest BCUT2D eigenvalue weighted by Crippen LogP contribution is -2.60. The van der Waals surface area contributed by atoms with Gasteiger partial charge in [0.1, 0.15) is 5.92 Å². The molecule has 2 aliphatic rings. The number of carboxylic acid groups (broad SMARTS) is 1. The van der Waals surface area contributed by atoms with E-state index in [2.05, 4.69) is 24.0 Å². The second-order valence-corrected chi connectivity index (χ2v) is 6.95. The Morgan fingerprint density at radius 2 is 2.09 bits per heavy atom. The summed E-state index contributed by atoms with van der Waals surface area (Å²) in [6.07, 6.45) is 4.94. The van der Waals surface area contributed by atoms with Crippen molar-refractivity contribution in [1.82, 2.24) is 4.90 Å². The largest absolute Gasteiger partial charge is 0.481 e. The van der Waals surface area contributed by atoms with Crippen LogP contribution in [0.15, 0.2) is 30.3 Å². The summed E-state index contributed by atoms with van der Waals surface area (Å²) in [7, 11) is 0. The van der Waals surface area contributed by atoms with Gasteiger partial charge >= 0.3 is 5.97 Å². The molecule has 0 spiro atoms. The van der Waals surface area contributed by atoms with Gasteiger partial charge in [0.25, 0.3) is 0 Å². The minimum Gasteiger partial charge on any atom is -0.481 e. The van der Waals surface area contributed by atoms with Crippen LogP contribution in [-0.2, 0) is 16.1 Å². The van der Waals surface area contributed by atoms with E-state index in [0.717, 1.165) is 38.6 Å². The Morgan fingerprint density at radius 1 is 1.35 bits per heavy atom. The summed E-state index contributed by atoms with van der Waals surface area (Å²) in [5, 5.41) is 9.73. The smallest absolute Gasteiger partial charge is 0.315 e. The van der Waals surface area contributed by atoms with Gasteiger partial charge in [-0.1, -0.05) is 50.1 Å². The van der Waals surface area contributed by atoms with Crippen LogP contribution in [0.3, 0.4) is 0 Å². The number of carbonyl (C=O) groups excluding carboxylic acids is 1. The zero-order chi connectivity index (χ0) is 16.4. The first-order valence-electron chi connectivity index (χ1n) is 8.64. The SMILES string of the molecule is CCCC[C@@]12CC[C@@H](CC(=O)C1C(=O)O)N2Cc1ccccc1. The predicted molar refractivity (Wildman–Crippen MR) is 88.0 cm³/mol. The summed E-state index contributed by atoms with van der Waals surface area (Å²) in [6.45, 7) is 2.86. The molecule has 2 bridgehead atoms. The van der Waals surface area contributed by atoms with Gasteiger partial charge in [0.15, 0.2) is 5.78 Å². The van der Waals surface area contributed by atoms with Crippen molar-refractivity contribution in [3.63, 3.8) is 0 Å². The van der Waals surface area contributed by atoms with E-state index in [4.69, 9.17) is 0 Å². The number of Topliss-reactive ketones (excluding diaryl/α,β-unsaturated/α-hetero) is 1. The van der Waals surface area contributed by atoms with Crippen molar-refractivity contribution in [2.75, 3.05) is 0 Å². The van der Waals surface area contributed by atoms with E-state index in [1.807, 2.05) is 18.2 Å². The molecule has 2 saturated heterocycles. The van der Waals surface area contributed by atoms with Gasteiger partial charge in [-0.25, -0.2) is 0 Å². The van der Waals surface area contributed by atoms with Crippen LogP contribution in [0.4, 0.5) is 0 Å². The Labute approximate surface area is 137 Å². The molecule has 0 amide bonds. The molecule has 0 aliphatic carbocycles. The van der Waals surface area contributed by atoms with Crippen molar-refractivity contribution in [3.05, 3.63) is 35.9 Å². The highest BCUT2D eigenvalue weighted by atomic mass is 16.4. The average molecular weight is 315 g/mol. The quantitative estimate of drug-likeness (QED) is 0.819. The van der Waals surface area contributed by atoms with Crippen molar-refractivity contribution in [2.24, 2.45) is 5.92 Å². The van der Waals surface area contributed by atoms with Gasteiger partial charge in [0.05, 0.1) is 0 Å². The Kier molecular flexibility index (Phi) is 4.53. The zero-order valence-corrected chi connectivity index (χ0v) is 13.7. The highest BCUT2D eigenvalue weighted by molar-refractivity contribution is 6.01. The maximum Gasteiger partial charge on any atom is 0.315 e. The minimum absolute atomic E-state index is 0.0691. The Bertz CT molecular complexity index is 586. The normalized spacial score (nSPS) is 30.6. The van der Waals surface area contributed by atoms with E-state index in [9.17, 15) is 14.7 Å². The second-order valence-electron chi connectivity index (χ2n) is 6.95. The van der Waals surface area contributed by atoms with E-state index in [1.165, 1.54) is 5.56 Å².